The molecule has 7 nitrogen and oxygen atoms in total. The first-order valence-electron chi connectivity index (χ1n) is 6.74. The second-order valence-electron chi connectivity index (χ2n) is 4.90. The predicted octanol–water partition coefficient (Wildman–Crippen LogP) is -0.0284. The Morgan fingerprint density at radius 3 is 2.77 bits per heavy atom. The molecule has 0 fully saturated rings. The smallest absolute Gasteiger partial charge is 0.285 e. The van der Waals surface area contributed by atoms with Crippen molar-refractivity contribution < 1.29 is 0 Å². The molecule has 7 heteroatoms. The maximum absolute atomic E-state index is 12.5. The first kappa shape index (κ1) is 14.0. The van der Waals surface area contributed by atoms with E-state index in [1.54, 1.807) is 23.7 Å². The summed E-state index contributed by atoms with van der Waals surface area (Å²) in [6, 6.07) is 5.47. The van der Waals surface area contributed by atoms with E-state index in [2.05, 4.69) is 16.6 Å². The lowest BCUT2D eigenvalue weighted by Crippen LogP contribution is -2.39. The Morgan fingerprint density at radius 1 is 1.27 bits per heavy atom. The van der Waals surface area contributed by atoms with Crippen molar-refractivity contribution in [2.75, 3.05) is 6.54 Å². The van der Waals surface area contributed by atoms with Crippen LogP contribution in [0.25, 0.3) is 16.6 Å². The van der Waals surface area contributed by atoms with Gasteiger partial charge in [0.25, 0.3) is 5.56 Å². The van der Waals surface area contributed by atoms with Crippen LogP contribution in [0, 0.1) is 0 Å². The first-order valence-corrected chi connectivity index (χ1v) is 6.74. The van der Waals surface area contributed by atoms with Gasteiger partial charge in [-0.3, -0.25) is 18.3 Å². The number of rotatable bonds is 2. The Morgan fingerprint density at radius 2 is 2.05 bits per heavy atom. The van der Waals surface area contributed by atoms with Crippen molar-refractivity contribution in [2.45, 2.75) is 0 Å². The Kier molecular flexibility index (Phi) is 3.25. The Labute approximate surface area is 125 Å². The molecule has 0 aliphatic carbocycles. The van der Waals surface area contributed by atoms with Gasteiger partial charge in [0.05, 0.1) is 12.1 Å². The molecule has 0 spiro atoms. The normalized spacial score (nSPS) is 12.2. The highest BCUT2D eigenvalue weighted by Crippen LogP contribution is 2.09. The third-order valence-electron chi connectivity index (χ3n) is 3.53. The molecule has 0 amide bonds. The molecule has 22 heavy (non-hydrogen) atoms. The largest absolute Gasteiger partial charge is 0.332 e. The van der Waals surface area contributed by atoms with Crippen molar-refractivity contribution in [3.63, 3.8) is 0 Å². The lowest BCUT2D eigenvalue weighted by Gasteiger charge is -2.10. The summed E-state index contributed by atoms with van der Waals surface area (Å²) in [5.74, 6) is 0. The van der Waals surface area contributed by atoms with Crippen LogP contribution in [0.15, 0.2) is 51.6 Å². The van der Waals surface area contributed by atoms with E-state index in [0.29, 0.717) is 28.7 Å². The zero-order chi connectivity index (χ0) is 15.9. The minimum Gasteiger partial charge on any atom is -0.285 e. The number of fused-ring (bicyclic) bond motifs is 3. The summed E-state index contributed by atoms with van der Waals surface area (Å²) < 4.78 is 4.17. The summed E-state index contributed by atoms with van der Waals surface area (Å²) in [7, 11) is 3.05. The molecule has 0 N–H and O–H groups in total. The van der Waals surface area contributed by atoms with E-state index in [1.165, 1.54) is 11.6 Å². The molecule has 112 valence electrons. The van der Waals surface area contributed by atoms with Crippen molar-refractivity contribution in [3.8, 4) is 0 Å². The van der Waals surface area contributed by atoms with Crippen LogP contribution in [-0.2, 0) is 14.1 Å². The number of pyridine rings is 1. The Hall–Kier alpha value is -2.96. The summed E-state index contributed by atoms with van der Waals surface area (Å²) in [4.78, 5) is 33.3. The molecule has 0 aliphatic rings. The molecule has 0 saturated carbocycles. The van der Waals surface area contributed by atoms with E-state index in [1.807, 2.05) is 18.2 Å². The second kappa shape index (κ2) is 5.10. The van der Waals surface area contributed by atoms with Crippen LogP contribution in [-0.4, -0.2) is 25.1 Å². The highest BCUT2D eigenvalue weighted by atomic mass is 16.2. The van der Waals surface area contributed by atoms with Crippen molar-refractivity contribution in [3.05, 3.63) is 63.5 Å². The van der Waals surface area contributed by atoms with Crippen molar-refractivity contribution in [1.29, 1.82) is 0 Å². The number of hydrogen-bond donors (Lipinski definition) is 0. The molecular formula is C15H15N5O2. The third kappa shape index (κ3) is 1.90. The fourth-order valence-electron chi connectivity index (χ4n) is 2.42. The highest BCUT2D eigenvalue weighted by molar-refractivity contribution is 5.90. The SMILES string of the molecule is C=CCN=c1nc2c(c(=O)n(C)c(=O)n2C)c2ccccn12. The monoisotopic (exact) mass is 297 g/mol. The molecule has 0 unspecified atom stereocenters. The number of hydrogen-bond acceptors (Lipinski definition) is 4. The molecule has 0 aliphatic heterocycles. The van der Waals surface area contributed by atoms with Crippen LogP contribution in [0.5, 0.6) is 0 Å². The molecule has 0 saturated heterocycles. The predicted molar refractivity (Wildman–Crippen MR) is 83.8 cm³/mol. The van der Waals surface area contributed by atoms with Crippen LogP contribution in [0.2, 0.25) is 0 Å². The van der Waals surface area contributed by atoms with Gasteiger partial charge in [0.15, 0.2) is 5.65 Å². The number of aromatic nitrogens is 4. The van der Waals surface area contributed by atoms with Crippen molar-refractivity contribution in [2.24, 2.45) is 19.1 Å². The van der Waals surface area contributed by atoms with Gasteiger partial charge in [-0.2, -0.15) is 4.98 Å². The first-order chi connectivity index (χ1) is 10.6. The van der Waals surface area contributed by atoms with Gasteiger partial charge in [0.2, 0.25) is 5.62 Å². The topological polar surface area (TPSA) is 73.7 Å². The maximum atomic E-state index is 12.5. The zero-order valence-electron chi connectivity index (χ0n) is 12.4. The summed E-state index contributed by atoms with van der Waals surface area (Å²) in [6.07, 6.45) is 3.44. The van der Waals surface area contributed by atoms with Gasteiger partial charge in [-0.15, -0.1) is 6.58 Å². The van der Waals surface area contributed by atoms with Gasteiger partial charge in [-0.05, 0) is 12.1 Å². The number of aryl methyl sites for hydroxylation is 1. The highest BCUT2D eigenvalue weighted by Gasteiger charge is 2.13. The minimum atomic E-state index is -0.417. The van der Waals surface area contributed by atoms with Gasteiger partial charge in [-0.25, -0.2) is 9.79 Å². The Bertz CT molecular complexity index is 1090. The third-order valence-corrected chi connectivity index (χ3v) is 3.53. The average molecular weight is 297 g/mol. The fourth-order valence-corrected chi connectivity index (χ4v) is 2.42. The van der Waals surface area contributed by atoms with Crippen LogP contribution in [0.1, 0.15) is 0 Å². The molecule has 0 bridgehead atoms. The van der Waals surface area contributed by atoms with Crippen molar-refractivity contribution >= 4 is 16.6 Å². The van der Waals surface area contributed by atoms with Gasteiger partial charge in [0.1, 0.15) is 5.39 Å². The molecule has 0 radical (unpaired) electrons. The molecule has 3 aromatic heterocycles. The van der Waals surface area contributed by atoms with Crippen LogP contribution >= 0.6 is 0 Å². The van der Waals surface area contributed by atoms with Crippen molar-refractivity contribution in [1.82, 2.24) is 18.5 Å². The van der Waals surface area contributed by atoms with Gasteiger partial charge < -0.3 is 0 Å². The van der Waals surface area contributed by atoms with E-state index in [4.69, 9.17) is 0 Å². The van der Waals surface area contributed by atoms with E-state index >= 15 is 0 Å². The molecule has 0 aromatic carbocycles. The molecular weight excluding hydrogens is 282 g/mol. The lowest BCUT2D eigenvalue weighted by atomic mass is 10.3. The maximum Gasteiger partial charge on any atom is 0.332 e. The number of nitrogens with zero attached hydrogens (tertiary/aromatic N) is 5. The lowest BCUT2D eigenvalue weighted by molar-refractivity contribution is 0.703. The van der Waals surface area contributed by atoms with Gasteiger partial charge in [0, 0.05) is 20.3 Å². The zero-order valence-corrected chi connectivity index (χ0v) is 12.4. The van der Waals surface area contributed by atoms with E-state index in [9.17, 15) is 9.59 Å². The molecule has 3 rings (SSSR count). The fraction of sp³-hybridized carbons (Fsp3) is 0.200. The summed E-state index contributed by atoms with van der Waals surface area (Å²) in [5.41, 5.74) is 0.615. The van der Waals surface area contributed by atoms with Crippen LogP contribution < -0.4 is 16.9 Å². The summed E-state index contributed by atoms with van der Waals surface area (Å²) in [6.45, 7) is 4.03. The van der Waals surface area contributed by atoms with E-state index in [0.717, 1.165) is 4.57 Å². The Balaban J connectivity index is 2.70. The molecule has 3 aromatic rings. The second-order valence-corrected chi connectivity index (χ2v) is 4.90. The van der Waals surface area contributed by atoms with E-state index in [-0.39, 0.29) is 5.56 Å². The standard InChI is InChI=1S/C15H15N5O2/c1-4-8-16-14-17-12-11(10-7-5-6-9-20(10)14)13(21)19(3)15(22)18(12)2/h4-7,9H,1,8H2,2-3H3. The quantitative estimate of drug-likeness (QED) is 0.492. The van der Waals surface area contributed by atoms with E-state index < -0.39 is 5.69 Å². The van der Waals surface area contributed by atoms with Crippen LogP contribution in [0.4, 0.5) is 0 Å². The molecule has 3 heterocycles. The van der Waals surface area contributed by atoms with Gasteiger partial charge >= 0.3 is 5.69 Å². The van der Waals surface area contributed by atoms with Crippen LogP contribution in [0.3, 0.4) is 0 Å². The minimum absolute atomic E-state index is 0.321. The van der Waals surface area contributed by atoms with Gasteiger partial charge in [-0.1, -0.05) is 12.1 Å². The molecule has 0 atom stereocenters. The average Bonchev–Trinajstić information content (AvgIpc) is 2.55. The summed E-state index contributed by atoms with van der Waals surface area (Å²) >= 11 is 0. The summed E-state index contributed by atoms with van der Waals surface area (Å²) in [5, 5.41) is 0.391.